The van der Waals surface area contributed by atoms with Crippen LogP contribution >= 0.6 is 11.8 Å². The number of para-hydroxylation sites is 1. The van der Waals surface area contributed by atoms with Crippen molar-refractivity contribution in [2.24, 2.45) is 0 Å². The molecule has 0 aliphatic carbocycles. The molecule has 1 amide bonds. The SMILES string of the molecule is Cc1cccc(C(C)C)c1NC(=O)C(C)Sc1nnc(CN2CCCC2)n1Cc1ccccc1. The average molecular weight is 478 g/mol. The lowest BCUT2D eigenvalue weighted by molar-refractivity contribution is -0.115. The first-order valence-electron chi connectivity index (χ1n) is 12.2. The number of amides is 1. The third-order valence-corrected chi connectivity index (χ3v) is 7.45. The van der Waals surface area contributed by atoms with Gasteiger partial charge in [-0.05, 0) is 62.4 Å². The number of aromatic nitrogens is 3. The van der Waals surface area contributed by atoms with Crippen LogP contribution < -0.4 is 5.32 Å². The molecule has 34 heavy (non-hydrogen) atoms. The largest absolute Gasteiger partial charge is 0.325 e. The van der Waals surface area contributed by atoms with Crippen molar-refractivity contribution >= 4 is 23.4 Å². The molecule has 1 saturated heterocycles. The van der Waals surface area contributed by atoms with Crippen LogP contribution in [-0.4, -0.2) is 43.9 Å². The molecular weight excluding hydrogens is 442 g/mol. The Morgan fingerprint density at radius 1 is 1.00 bits per heavy atom. The number of nitrogens with zero attached hydrogens (tertiary/aromatic N) is 4. The molecule has 0 bridgehead atoms. The Morgan fingerprint density at radius 2 is 1.74 bits per heavy atom. The standard InChI is InChI=1S/C27H35N5OS/c1-19(2)23-14-10-11-20(3)25(23)28-26(33)21(4)34-27-30-29-24(18-31-15-8-9-16-31)32(27)17-22-12-6-5-7-13-22/h5-7,10-14,19,21H,8-9,15-18H2,1-4H3,(H,28,33). The van der Waals surface area contributed by atoms with E-state index in [1.165, 1.54) is 30.2 Å². The van der Waals surface area contributed by atoms with E-state index in [0.717, 1.165) is 47.4 Å². The lowest BCUT2D eigenvalue weighted by Gasteiger charge is -2.19. The summed E-state index contributed by atoms with van der Waals surface area (Å²) in [4.78, 5) is 15.6. The van der Waals surface area contributed by atoms with Crippen molar-refractivity contribution in [2.75, 3.05) is 18.4 Å². The number of rotatable bonds is 9. The number of benzene rings is 2. The Kier molecular flexibility index (Phi) is 8.06. The number of carbonyl (C=O) groups is 1. The van der Waals surface area contributed by atoms with E-state index >= 15 is 0 Å². The van der Waals surface area contributed by atoms with Crippen molar-refractivity contribution < 1.29 is 4.79 Å². The Morgan fingerprint density at radius 3 is 2.44 bits per heavy atom. The zero-order chi connectivity index (χ0) is 24.1. The summed E-state index contributed by atoms with van der Waals surface area (Å²) in [5.41, 5.74) is 4.36. The second-order valence-corrected chi connectivity index (χ2v) is 10.7. The number of hydrogen-bond acceptors (Lipinski definition) is 5. The van der Waals surface area contributed by atoms with Crippen LogP contribution in [0.25, 0.3) is 0 Å². The van der Waals surface area contributed by atoms with E-state index in [2.05, 4.69) is 69.2 Å². The van der Waals surface area contributed by atoms with Crippen LogP contribution in [0.2, 0.25) is 0 Å². The maximum Gasteiger partial charge on any atom is 0.237 e. The van der Waals surface area contributed by atoms with Gasteiger partial charge in [-0.2, -0.15) is 0 Å². The van der Waals surface area contributed by atoms with Crippen molar-refractivity contribution in [3.05, 3.63) is 71.0 Å². The third kappa shape index (κ3) is 5.88. The summed E-state index contributed by atoms with van der Waals surface area (Å²) in [6, 6.07) is 16.6. The van der Waals surface area contributed by atoms with Crippen molar-refractivity contribution in [1.29, 1.82) is 0 Å². The molecule has 2 aromatic carbocycles. The quantitative estimate of drug-likeness (QED) is 0.414. The van der Waals surface area contributed by atoms with E-state index in [0.29, 0.717) is 12.5 Å². The molecule has 1 atom stereocenters. The number of thioether (sulfide) groups is 1. The number of hydrogen-bond donors (Lipinski definition) is 1. The van der Waals surface area contributed by atoms with E-state index in [1.54, 1.807) is 0 Å². The molecule has 7 heteroatoms. The van der Waals surface area contributed by atoms with Crippen molar-refractivity contribution in [2.45, 2.75) is 70.0 Å². The van der Waals surface area contributed by atoms with Crippen LogP contribution in [0, 0.1) is 6.92 Å². The van der Waals surface area contributed by atoms with E-state index in [1.807, 2.05) is 32.0 Å². The van der Waals surface area contributed by atoms with Gasteiger partial charge in [0.2, 0.25) is 5.91 Å². The minimum atomic E-state index is -0.307. The first-order valence-corrected chi connectivity index (χ1v) is 13.1. The summed E-state index contributed by atoms with van der Waals surface area (Å²) < 4.78 is 2.18. The highest BCUT2D eigenvalue weighted by atomic mass is 32.2. The Labute approximate surface area is 207 Å². The molecule has 1 aliphatic heterocycles. The first kappa shape index (κ1) is 24.5. The van der Waals surface area contributed by atoms with Crippen LogP contribution in [0.5, 0.6) is 0 Å². The van der Waals surface area contributed by atoms with Gasteiger partial charge < -0.3 is 9.88 Å². The van der Waals surface area contributed by atoms with Crippen molar-refractivity contribution in [3.8, 4) is 0 Å². The summed E-state index contributed by atoms with van der Waals surface area (Å²) >= 11 is 1.47. The molecule has 180 valence electrons. The number of carbonyl (C=O) groups excluding carboxylic acids is 1. The van der Waals surface area contributed by atoms with E-state index in [9.17, 15) is 4.79 Å². The normalized spacial score (nSPS) is 15.1. The van der Waals surface area contributed by atoms with Gasteiger partial charge in [-0.25, -0.2) is 0 Å². The number of anilines is 1. The van der Waals surface area contributed by atoms with Crippen molar-refractivity contribution in [1.82, 2.24) is 19.7 Å². The van der Waals surface area contributed by atoms with E-state index < -0.39 is 0 Å². The summed E-state index contributed by atoms with van der Waals surface area (Å²) in [5, 5.41) is 12.7. The molecule has 0 saturated carbocycles. The van der Waals surface area contributed by atoms with Gasteiger partial charge in [0.1, 0.15) is 5.82 Å². The van der Waals surface area contributed by atoms with Gasteiger partial charge >= 0.3 is 0 Å². The fourth-order valence-electron chi connectivity index (χ4n) is 4.37. The van der Waals surface area contributed by atoms with Crippen LogP contribution in [0.4, 0.5) is 5.69 Å². The molecule has 1 unspecified atom stereocenters. The van der Waals surface area contributed by atoms with Crippen LogP contribution in [0.1, 0.15) is 62.0 Å². The molecule has 0 spiro atoms. The van der Waals surface area contributed by atoms with E-state index in [-0.39, 0.29) is 11.2 Å². The monoisotopic (exact) mass is 477 g/mol. The Bertz CT molecular complexity index is 1110. The lowest BCUT2D eigenvalue weighted by Crippen LogP contribution is -2.25. The molecule has 1 fully saturated rings. The zero-order valence-corrected chi connectivity index (χ0v) is 21.4. The minimum absolute atomic E-state index is 0.0171. The molecule has 0 radical (unpaired) electrons. The zero-order valence-electron chi connectivity index (χ0n) is 20.6. The number of nitrogens with one attached hydrogen (secondary N) is 1. The van der Waals surface area contributed by atoms with Crippen molar-refractivity contribution in [3.63, 3.8) is 0 Å². The van der Waals surface area contributed by atoms with Gasteiger partial charge in [-0.15, -0.1) is 10.2 Å². The lowest BCUT2D eigenvalue weighted by atomic mass is 9.98. The third-order valence-electron chi connectivity index (χ3n) is 6.37. The maximum absolute atomic E-state index is 13.2. The summed E-state index contributed by atoms with van der Waals surface area (Å²) in [5.74, 6) is 1.28. The first-order chi connectivity index (χ1) is 16.4. The number of likely N-dealkylation sites (tertiary alicyclic amines) is 1. The Balaban J connectivity index is 1.53. The van der Waals surface area contributed by atoms with E-state index in [4.69, 9.17) is 0 Å². The molecule has 1 aromatic heterocycles. The molecule has 3 aromatic rings. The highest BCUT2D eigenvalue weighted by molar-refractivity contribution is 8.00. The molecule has 6 nitrogen and oxygen atoms in total. The average Bonchev–Trinajstić information content (AvgIpc) is 3.47. The second kappa shape index (κ2) is 11.2. The summed E-state index contributed by atoms with van der Waals surface area (Å²) in [6.07, 6.45) is 2.48. The van der Waals surface area contributed by atoms with Gasteiger partial charge in [-0.1, -0.05) is 74.1 Å². The molecular formula is C27H35N5OS. The Hall–Kier alpha value is -2.64. The smallest absolute Gasteiger partial charge is 0.237 e. The van der Waals surface area contributed by atoms with Gasteiger partial charge in [0.25, 0.3) is 0 Å². The van der Waals surface area contributed by atoms with Crippen LogP contribution in [0.15, 0.2) is 53.7 Å². The van der Waals surface area contributed by atoms with Gasteiger partial charge in [0.15, 0.2) is 5.16 Å². The topological polar surface area (TPSA) is 63.1 Å². The highest BCUT2D eigenvalue weighted by Crippen LogP contribution is 2.30. The molecule has 1 aliphatic rings. The molecule has 2 heterocycles. The highest BCUT2D eigenvalue weighted by Gasteiger charge is 2.23. The predicted octanol–water partition coefficient (Wildman–Crippen LogP) is 5.47. The fourth-order valence-corrected chi connectivity index (χ4v) is 5.23. The molecule has 1 N–H and O–H groups in total. The summed E-state index contributed by atoms with van der Waals surface area (Å²) in [7, 11) is 0. The maximum atomic E-state index is 13.2. The van der Waals surface area contributed by atoms with Gasteiger partial charge in [-0.3, -0.25) is 9.69 Å². The second-order valence-electron chi connectivity index (χ2n) is 9.40. The van der Waals surface area contributed by atoms with Gasteiger partial charge in [0.05, 0.1) is 18.3 Å². The van der Waals surface area contributed by atoms with Crippen LogP contribution in [-0.2, 0) is 17.9 Å². The van der Waals surface area contributed by atoms with Crippen LogP contribution in [0.3, 0.4) is 0 Å². The number of aryl methyl sites for hydroxylation is 1. The van der Waals surface area contributed by atoms with Gasteiger partial charge in [0, 0.05) is 5.69 Å². The summed E-state index contributed by atoms with van der Waals surface area (Å²) in [6.45, 7) is 12.0. The predicted molar refractivity (Wildman–Crippen MR) is 139 cm³/mol. The minimum Gasteiger partial charge on any atom is -0.325 e. The fraction of sp³-hybridized carbons (Fsp3) is 0.444. The molecule has 4 rings (SSSR count).